The molecule has 0 radical (unpaired) electrons. The molecule has 6 nitrogen and oxygen atoms in total. The molecule has 0 aromatic heterocycles. The van der Waals surface area contributed by atoms with Gasteiger partial charge in [0, 0.05) is 35.9 Å². The minimum absolute atomic E-state index is 0.0184. The van der Waals surface area contributed by atoms with Crippen LogP contribution in [0.5, 0.6) is 17.2 Å². The number of hydrogen-bond acceptors (Lipinski definition) is 5. The Bertz CT molecular complexity index is 1370. The number of fused-ring (bicyclic) bond motifs is 1. The van der Waals surface area contributed by atoms with Crippen molar-refractivity contribution in [3.05, 3.63) is 88.7 Å². The number of ether oxygens (including phenoxy) is 3. The highest BCUT2D eigenvalue weighted by Crippen LogP contribution is 2.49. The minimum atomic E-state index is -0.774. The molecule has 0 unspecified atom stereocenters. The largest absolute Gasteiger partial charge is 0.497 e. The lowest BCUT2D eigenvalue weighted by Crippen LogP contribution is -2.69. The number of thiocarbonyl (C=S) groups is 1. The molecule has 5 rings (SSSR count). The predicted octanol–water partition coefficient (Wildman–Crippen LogP) is 5.62. The summed E-state index contributed by atoms with van der Waals surface area (Å²) in [6.07, 6.45) is 1.29. The first-order valence-corrected chi connectivity index (χ1v) is 12.5. The number of esters is 1. The number of aryl methyl sites for hydroxylation is 1. The van der Waals surface area contributed by atoms with Crippen LogP contribution in [0.1, 0.15) is 59.7 Å². The lowest BCUT2D eigenvalue weighted by atomic mass is 9.76. The molecule has 0 bridgehead atoms. The highest BCUT2D eigenvalue weighted by Gasteiger charge is 2.49. The molecule has 3 aromatic rings. The molecule has 1 fully saturated rings. The Kier molecular flexibility index (Phi) is 6.31. The van der Waals surface area contributed by atoms with Crippen molar-refractivity contribution in [1.29, 1.82) is 0 Å². The molecule has 0 amide bonds. The van der Waals surface area contributed by atoms with Gasteiger partial charge >= 0.3 is 5.97 Å². The van der Waals surface area contributed by atoms with Gasteiger partial charge < -0.3 is 24.8 Å². The lowest BCUT2D eigenvalue weighted by Gasteiger charge is -2.50. The standard InChI is InChI=1S/C29H29FN2O4S/c1-17-13-20(35-26(33)21-7-5-6-8-23(21)30)14-24-25(17)22(18-9-11-19(34-4)12-10-18)15-29(36-24)16-28(2,3)31-27(37)32-29/h5-14,22H,15-16H2,1-4H3,(H2,31,32,37)/t22-,29-/m0/s1. The highest BCUT2D eigenvalue weighted by atomic mass is 32.1. The summed E-state index contributed by atoms with van der Waals surface area (Å²) >= 11 is 5.55. The summed E-state index contributed by atoms with van der Waals surface area (Å²) in [7, 11) is 1.64. The third kappa shape index (κ3) is 4.98. The number of nitrogens with one attached hydrogen (secondary N) is 2. The molecular weight excluding hydrogens is 491 g/mol. The number of methoxy groups -OCH3 is 1. The summed E-state index contributed by atoms with van der Waals surface area (Å²) in [6.45, 7) is 6.13. The van der Waals surface area contributed by atoms with E-state index in [2.05, 4.69) is 36.6 Å². The maximum atomic E-state index is 14.2. The molecule has 1 saturated heterocycles. The Morgan fingerprint density at radius 2 is 1.81 bits per heavy atom. The van der Waals surface area contributed by atoms with Crippen molar-refractivity contribution in [1.82, 2.24) is 10.6 Å². The second-order valence-corrected chi connectivity index (χ2v) is 10.7. The molecule has 0 aliphatic carbocycles. The molecule has 2 heterocycles. The SMILES string of the molecule is COc1ccc([C@@H]2C[C@@]3(CC(C)(C)NC(=S)N3)Oc3cc(OC(=O)c4ccccc4F)cc(C)c32)cc1. The van der Waals surface area contributed by atoms with Crippen molar-refractivity contribution < 1.29 is 23.4 Å². The number of hydrogen-bond donors (Lipinski definition) is 2. The van der Waals surface area contributed by atoms with Crippen LogP contribution in [0.2, 0.25) is 0 Å². The van der Waals surface area contributed by atoms with Gasteiger partial charge in [-0.3, -0.25) is 0 Å². The zero-order valence-electron chi connectivity index (χ0n) is 21.2. The summed E-state index contributed by atoms with van der Waals surface area (Å²) in [5.74, 6) is 0.237. The first-order valence-electron chi connectivity index (χ1n) is 12.1. The smallest absolute Gasteiger partial charge is 0.346 e. The van der Waals surface area contributed by atoms with Crippen LogP contribution in [0.25, 0.3) is 0 Å². The van der Waals surface area contributed by atoms with Crippen LogP contribution in [-0.2, 0) is 0 Å². The highest BCUT2D eigenvalue weighted by molar-refractivity contribution is 7.80. The fourth-order valence-corrected chi connectivity index (χ4v) is 5.91. The Morgan fingerprint density at radius 1 is 1.08 bits per heavy atom. The van der Waals surface area contributed by atoms with E-state index in [0.717, 1.165) is 22.4 Å². The molecule has 2 N–H and O–H groups in total. The van der Waals surface area contributed by atoms with Crippen LogP contribution in [0, 0.1) is 12.7 Å². The quantitative estimate of drug-likeness (QED) is 0.263. The number of carbonyl (C=O) groups is 1. The van der Waals surface area contributed by atoms with Crippen molar-refractivity contribution in [2.45, 2.75) is 50.8 Å². The van der Waals surface area contributed by atoms with E-state index in [1.165, 1.54) is 18.2 Å². The van der Waals surface area contributed by atoms with E-state index < -0.39 is 17.5 Å². The predicted molar refractivity (Wildman–Crippen MR) is 143 cm³/mol. The molecule has 0 saturated carbocycles. The van der Waals surface area contributed by atoms with Gasteiger partial charge in [-0.1, -0.05) is 24.3 Å². The third-order valence-electron chi connectivity index (χ3n) is 6.85. The van der Waals surface area contributed by atoms with Gasteiger partial charge in [0.25, 0.3) is 0 Å². The summed E-state index contributed by atoms with van der Waals surface area (Å²) in [5, 5.41) is 7.21. The first-order chi connectivity index (χ1) is 17.6. The van der Waals surface area contributed by atoms with E-state index in [0.29, 0.717) is 23.7 Å². The van der Waals surface area contributed by atoms with Crippen molar-refractivity contribution >= 4 is 23.3 Å². The molecule has 37 heavy (non-hydrogen) atoms. The Labute approximate surface area is 221 Å². The fourth-order valence-electron chi connectivity index (χ4n) is 5.45. The Balaban J connectivity index is 1.57. The average Bonchev–Trinajstić information content (AvgIpc) is 2.82. The van der Waals surface area contributed by atoms with E-state index in [1.807, 2.05) is 19.1 Å². The van der Waals surface area contributed by atoms with Gasteiger partial charge in [-0.05, 0) is 74.4 Å². The third-order valence-corrected chi connectivity index (χ3v) is 7.06. The van der Waals surface area contributed by atoms with E-state index in [-0.39, 0.29) is 22.8 Å². The van der Waals surface area contributed by atoms with Crippen LogP contribution < -0.4 is 24.8 Å². The summed E-state index contributed by atoms with van der Waals surface area (Å²) < 4.78 is 31.8. The molecule has 1 spiro atoms. The zero-order valence-corrected chi connectivity index (χ0v) is 22.0. The average molecular weight is 521 g/mol. The maximum Gasteiger partial charge on any atom is 0.346 e. The monoisotopic (exact) mass is 520 g/mol. The van der Waals surface area contributed by atoms with E-state index >= 15 is 0 Å². The van der Waals surface area contributed by atoms with Gasteiger partial charge in [-0.15, -0.1) is 0 Å². The van der Waals surface area contributed by atoms with Gasteiger partial charge in [0.2, 0.25) is 0 Å². The van der Waals surface area contributed by atoms with Crippen LogP contribution in [0.4, 0.5) is 4.39 Å². The topological polar surface area (TPSA) is 68.8 Å². The number of rotatable bonds is 4. The second kappa shape index (κ2) is 9.34. The van der Waals surface area contributed by atoms with E-state index in [9.17, 15) is 9.18 Å². The zero-order chi connectivity index (χ0) is 26.4. The van der Waals surface area contributed by atoms with Gasteiger partial charge in [-0.2, -0.15) is 0 Å². The second-order valence-electron chi connectivity index (χ2n) is 10.3. The normalized spacial score (nSPS) is 21.8. The number of benzene rings is 3. The van der Waals surface area contributed by atoms with Crippen molar-refractivity contribution in [3.63, 3.8) is 0 Å². The molecule has 8 heteroatoms. The maximum absolute atomic E-state index is 14.2. The van der Waals surface area contributed by atoms with E-state index in [4.69, 9.17) is 26.4 Å². The number of halogens is 1. The molecule has 192 valence electrons. The summed E-state index contributed by atoms with van der Waals surface area (Å²) in [4.78, 5) is 12.7. The lowest BCUT2D eigenvalue weighted by molar-refractivity contribution is -0.0129. The molecule has 3 aromatic carbocycles. The van der Waals surface area contributed by atoms with E-state index in [1.54, 1.807) is 25.3 Å². The van der Waals surface area contributed by atoms with Crippen LogP contribution in [0.15, 0.2) is 60.7 Å². The van der Waals surface area contributed by atoms with Crippen LogP contribution in [-0.4, -0.2) is 29.5 Å². The summed E-state index contributed by atoms with van der Waals surface area (Å²) in [6, 6.07) is 17.3. The Morgan fingerprint density at radius 3 is 2.49 bits per heavy atom. The van der Waals surface area contributed by atoms with Gasteiger partial charge in [0.1, 0.15) is 23.1 Å². The molecular formula is C29H29FN2O4S. The fraction of sp³-hybridized carbons (Fsp3) is 0.310. The molecule has 2 atom stereocenters. The minimum Gasteiger partial charge on any atom is -0.497 e. The van der Waals surface area contributed by atoms with Crippen molar-refractivity contribution in [2.24, 2.45) is 0 Å². The molecule has 2 aliphatic rings. The Hall–Kier alpha value is -3.65. The van der Waals surface area contributed by atoms with Gasteiger partial charge in [0.05, 0.1) is 12.7 Å². The van der Waals surface area contributed by atoms with Crippen molar-refractivity contribution in [3.8, 4) is 17.2 Å². The van der Waals surface area contributed by atoms with Gasteiger partial charge in [0.15, 0.2) is 10.8 Å². The number of carbonyl (C=O) groups excluding carboxylic acids is 1. The molecule has 2 aliphatic heterocycles. The van der Waals surface area contributed by atoms with Gasteiger partial charge in [-0.25, -0.2) is 9.18 Å². The van der Waals surface area contributed by atoms with Crippen LogP contribution in [0.3, 0.4) is 0 Å². The van der Waals surface area contributed by atoms with Crippen molar-refractivity contribution in [2.75, 3.05) is 7.11 Å². The first kappa shape index (κ1) is 25.0. The van der Waals surface area contributed by atoms with Crippen LogP contribution >= 0.6 is 12.2 Å². The summed E-state index contributed by atoms with van der Waals surface area (Å²) in [5.41, 5.74) is 1.82.